The maximum Gasteiger partial charge on any atom is 0.228 e. The maximum atomic E-state index is 12.9. The van der Waals surface area contributed by atoms with Crippen LogP contribution in [0.1, 0.15) is 32.3 Å². The van der Waals surface area contributed by atoms with Crippen molar-refractivity contribution in [2.75, 3.05) is 32.1 Å². The number of carbonyl (C=O) groups excluding carboxylic acids is 1. The molecule has 1 amide bonds. The number of amides is 1. The third-order valence-electron chi connectivity index (χ3n) is 5.13. The number of rotatable bonds is 8. The number of hydrogen-bond donors (Lipinski definition) is 1. The summed E-state index contributed by atoms with van der Waals surface area (Å²) in [5.74, 6) is 1.82. The normalized spacial score (nSPS) is 17.2. The van der Waals surface area contributed by atoms with Gasteiger partial charge in [0.15, 0.2) is 11.5 Å². The number of nitrogens with one attached hydrogen (secondary N) is 1. The topological polar surface area (TPSA) is 50.8 Å². The van der Waals surface area contributed by atoms with Gasteiger partial charge in [0, 0.05) is 24.8 Å². The second-order valence-corrected chi connectivity index (χ2v) is 8.12. The monoisotopic (exact) mass is 396 g/mol. The molecule has 0 radical (unpaired) electrons. The summed E-state index contributed by atoms with van der Waals surface area (Å²) in [6, 6.07) is 16.0. The number of hydrogen-bond acceptors (Lipinski definition) is 4. The Labute approximate surface area is 174 Å². The Balaban J connectivity index is 1.61. The van der Waals surface area contributed by atoms with Crippen LogP contribution in [0, 0.1) is 11.8 Å². The molecule has 0 unspecified atom stereocenters. The lowest BCUT2D eigenvalue weighted by Gasteiger charge is -2.32. The third kappa shape index (κ3) is 6.23. The summed E-state index contributed by atoms with van der Waals surface area (Å²) in [7, 11) is 1.62. The highest BCUT2D eigenvalue weighted by Crippen LogP contribution is 2.31. The van der Waals surface area contributed by atoms with E-state index in [4.69, 9.17) is 9.47 Å². The van der Waals surface area contributed by atoms with Crippen LogP contribution in [0.4, 0.5) is 5.69 Å². The zero-order chi connectivity index (χ0) is 20.6. The first-order valence-corrected chi connectivity index (χ1v) is 10.4. The average Bonchev–Trinajstić information content (AvgIpc) is 2.73. The van der Waals surface area contributed by atoms with E-state index in [-0.39, 0.29) is 11.8 Å². The predicted octanol–water partition coefficient (Wildman–Crippen LogP) is 4.58. The zero-order valence-electron chi connectivity index (χ0n) is 17.7. The Morgan fingerprint density at radius 3 is 2.69 bits per heavy atom. The van der Waals surface area contributed by atoms with Gasteiger partial charge in [-0.3, -0.25) is 9.69 Å². The lowest BCUT2D eigenvalue weighted by atomic mass is 9.96. The molecule has 29 heavy (non-hydrogen) atoms. The van der Waals surface area contributed by atoms with Gasteiger partial charge in [-0.15, -0.1) is 0 Å². The van der Waals surface area contributed by atoms with Gasteiger partial charge in [0.25, 0.3) is 0 Å². The van der Waals surface area contributed by atoms with Crippen molar-refractivity contribution in [2.24, 2.45) is 11.8 Å². The summed E-state index contributed by atoms with van der Waals surface area (Å²) in [5.41, 5.74) is 2.03. The van der Waals surface area contributed by atoms with Gasteiger partial charge in [-0.25, -0.2) is 0 Å². The molecule has 1 saturated heterocycles. The minimum Gasteiger partial charge on any atom is -0.493 e. The summed E-state index contributed by atoms with van der Waals surface area (Å²) < 4.78 is 11.2. The van der Waals surface area contributed by atoms with Gasteiger partial charge < -0.3 is 14.8 Å². The molecule has 1 heterocycles. The molecule has 2 aromatic carbocycles. The number of carbonyl (C=O) groups is 1. The Kier molecular flexibility index (Phi) is 7.53. The molecular weight excluding hydrogens is 364 g/mol. The molecular formula is C24H32N2O3. The minimum absolute atomic E-state index is 0.00500. The van der Waals surface area contributed by atoms with Crippen molar-refractivity contribution in [3.05, 3.63) is 54.1 Å². The highest BCUT2D eigenvalue weighted by molar-refractivity contribution is 5.93. The number of anilines is 1. The van der Waals surface area contributed by atoms with Crippen LogP contribution in [0.5, 0.6) is 11.5 Å². The molecule has 5 nitrogen and oxygen atoms in total. The summed E-state index contributed by atoms with van der Waals surface area (Å²) >= 11 is 0. The van der Waals surface area contributed by atoms with Crippen molar-refractivity contribution in [3.63, 3.8) is 0 Å². The van der Waals surface area contributed by atoms with Crippen LogP contribution in [0.25, 0.3) is 0 Å². The molecule has 0 aromatic heterocycles. The van der Waals surface area contributed by atoms with Crippen LogP contribution in [-0.2, 0) is 11.3 Å². The molecule has 0 spiro atoms. The molecule has 156 valence electrons. The molecule has 2 aromatic rings. The molecule has 1 N–H and O–H groups in total. The third-order valence-corrected chi connectivity index (χ3v) is 5.13. The fourth-order valence-corrected chi connectivity index (χ4v) is 3.62. The van der Waals surface area contributed by atoms with Gasteiger partial charge in [-0.05, 0) is 43.0 Å². The van der Waals surface area contributed by atoms with Crippen LogP contribution in [0.15, 0.2) is 48.5 Å². The Bertz CT molecular complexity index is 792. The van der Waals surface area contributed by atoms with E-state index in [2.05, 4.69) is 48.3 Å². The fraction of sp³-hybridized carbons (Fsp3) is 0.458. The van der Waals surface area contributed by atoms with Crippen LogP contribution >= 0.6 is 0 Å². The standard InChI is InChI=1S/C24H32N2O3/c1-18(2)17-29-23-14-21(11-12-22(23)28-3)25-24(27)20-10-7-13-26(16-20)15-19-8-5-4-6-9-19/h4-6,8-9,11-12,14,18,20H,7,10,13,15-17H2,1-3H3,(H,25,27)/t20-/m1/s1. The molecule has 3 rings (SSSR count). The number of piperidine rings is 1. The highest BCUT2D eigenvalue weighted by Gasteiger charge is 2.26. The van der Waals surface area contributed by atoms with Gasteiger partial charge >= 0.3 is 0 Å². The number of methoxy groups -OCH3 is 1. The van der Waals surface area contributed by atoms with Crippen LogP contribution in [0.3, 0.4) is 0 Å². The van der Waals surface area contributed by atoms with E-state index >= 15 is 0 Å². The second-order valence-electron chi connectivity index (χ2n) is 8.12. The number of likely N-dealkylation sites (tertiary alicyclic amines) is 1. The average molecular weight is 397 g/mol. The van der Waals surface area contributed by atoms with Crippen molar-refractivity contribution in [3.8, 4) is 11.5 Å². The molecule has 1 fully saturated rings. The van der Waals surface area contributed by atoms with E-state index in [0.29, 0.717) is 24.0 Å². The van der Waals surface area contributed by atoms with E-state index < -0.39 is 0 Å². The SMILES string of the molecule is COc1ccc(NC(=O)[C@@H]2CCCN(Cc3ccccc3)C2)cc1OCC(C)C. The first-order valence-electron chi connectivity index (χ1n) is 10.4. The number of nitrogens with zero attached hydrogens (tertiary/aromatic N) is 1. The summed E-state index contributed by atoms with van der Waals surface area (Å²) in [6.07, 6.45) is 1.96. The Morgan fingerprint density at radius 1 is 1.17 bits per heavy atom. The van der Waals surface area contributed by atoms with Gasteiger partial charge in [-0.1, -0.05) is 44.2 Å². The summed E-state index contributed by atoms with van der Waals surface area (Å²) in [5, 5.41) is 3.07. The molecule has 1 atom stereocenters. The van der Waals surface area contributed by atoms with Crippen LogP contribution < -0.4 is 14.8 Å². The van der Waals surface area contributed by atoms with E-state index in [1.54, 1.807) is 7.11 Å². The smallest absolute Gasteiger partial charge is 0.228 e. The maximum absolute atomic E-state index is 12.9. The lowest BCUT2D eigenvalue weighted by Crippen LogP contribution is -2.40. The summed E-state index contributed by atoms with van der Waals surface area (Å²) in [4.78, 5) is 15.3. The quantitative estimate of drug-likeness (QED) is 0.710. The van der Waals surface area contributed by atoms with Gasteiger partial charge in [0.05, 0.1) is 19.6 Å². The van der Waals surface area contributed by atoms with Crippen molar-refractivity contribution in [2.45, 2.75) is 33.2 Å². The van der Waals surface area contributed by atoms with Gasteiger partial charge in [-0.2, -0.15) is 0 Å². The van der Waals surface area contributed by atoms with E-state index in [0.717, 1.165) is 38.2 Å². The molecule has 0 aliphatic carbocycles. The number of benzene rings is 2. The van der Waals surface area contributed by atoms with Crippen LogP contribution in [-0.4, -0.2) is 37.6 Å². The van der Waals surface area contributed by atoms with Gasteiger partial charge in [0.1, 0.15) is 0 Å². The Morgan fingerprint density at radius 2 is 1.97 bits per heavy atom. The number of ether oxygens (including phenoxy) is 2. The van der Waals surface area contributed by atoms with Gasteiger partial charge in [0.2, 0.25) is 5.91 Å². The minimum atomic E-state index is -0.00500. The lowest BCUT2D eigenvalue weighted by molar-refractivity contribution is -0.121. The molecule has 1 aliphatic heterocycles. The van der Waals surface area contributed by atoms with E-state index in [1.165, 1.54) is 5.56 Å². The van der Waals surface area contributed by atoms with Crippen LogP contribution in [0.2, 0.25) is 0 Å². The first kappa shape index (κ1) is 21.2. The van der Waals surface area contributed by atoms with E-state index in [1.807, 2.05) is 24.3 Å². The predicted molar refractivity (Wildman–Crippen MR) is 116 cm³/mol. The van der Waals surface area contributed by atoms with E-state index in [9.17, 15) is 4.79 Å². The highest BCUT2D eigenvalue weighted by atomic mass is 16.5. The van der Waals surface area contributed by atoms with Crippen molar-refractivity contribution in [1.82, 2.24) is 4.90 Å². The summed E-state index contributed by atoms with van der Waals surface area (Å²) in [6.45, 7) is 7.51. The molecule has 5 heteroatoms. The molecule has 1 aliphatic rings. The second kappa shape index (κ2) is 10.3. The van der Waals surface area contributed by atoms with Crippen molar-refractivity contribution < 1.29 is 14.3 Å². The fourth-order valence-electron chi connectivity index (χ4n) is 3.62. The van der Waals surface area contributed by atoms with Crippen molar-refractivity contribution in [1.29, 1.82) is 0 Å². The van der Waals surface area contributed by atoms with Crippen molar-refractivity contribution >= 4 is 11.6 Å². The Hall–Kier alpha value is -2.53. The molecule has 0 bridgehead atoms. The zero-order valence-corrected chi connectivity index (χ0v) is 17.7. The molecule has 0 saturated carbocycles. The first-order chi connectivity index (χ1) is 14.0. The largest absolute Gasteiger partial charge is 0.493 e.